The standard InChI is InChI=1S/C19H21NO2/c1-15-7-5-9-17(13-15)22-12-6-8-16(14-20)18-10-3-4-11-19(18)21-2/h3-5,7,9-11,13,16H,6,8,12H2,1-2H3. The van der Waals surface area contributed by atoms with Gasteiger partial charge in [0.25, 0.3) is 0 Å². The first-order valence-electron chi connectivity index (χ1n) is 7.46. The number of rotatable bonds is 7. The molecule has 0 fully saturated rings. The minimum absolute atomic E-state index is 0.169. The molecule has 2 aromatic rings. The van der Waals surface area contributed by atoms with Crippen LogP contribution in [0.4, 0.5) is 0 Å². The third-order valence-electron chi connectivity index (χ3n) is 3.57. The van der Waals surface area contributed by atoms with E-state index in [1.807, 2.05) is 55.5 Å². The largest absolute Gasteiger partial charge is 0.496 e. The van der Waals surface area contributed by atoms with Gasteiger partial charge in [0.05, 0.1) is 25.7 Å². The fourth-order valence-corrected chi connectivity index (χ4v) is 2.43. The Bertz CT molecular complexity index is 646. The van der Waals surface area contributed by atoms with Crippen molar-refractivity contribution in [3.63, 3.8) is 0 Å². The second-order valence-corrected chi connectivity index (χ2v) is 5.23. The second-order valence-electron chi connectivity index (χ2n) is 5.23. The summed E-state index contributed by atoms with van der Waals surface area (Å²) in [4.78, 5) is 0. The van der Waals surface area contributed by atoms with E-state index in [2.05, 4.69) is 6.07 Å². The van der Waals surface area contributed by atoms with Gasteiger partial charge in [0, 0.05) is 5.56 Å². The molecule has 22 heavy (non-hydrogen) atoms. The number of hydrogen-bond acceptors (Lipinski definition) is 3. The fourth-order valence-electron chi connectivity index (χ4n) is 2.43. The van der Waals surface area contributed by atoms with Gasteiger partial charge in [0.1, 0.15) is 11.5 Å². The summed E-state index contributed by atoms with van der Waals surface area (Å²) in [6, 6.07) is 18.1. The van der Waals surface area contributed by atoms with Crippen LogP contribution < -0.4 is 9.47 Å². The smallest absolute Gasteiger partial charge is 0.123 e. The van der Waals surface area contributed by atoms with Crippen molar-refractivity contribution in [3.05, 3.63) is 59.7 Å². The van der Waals surface area contributed by atoms with E-state index in [-0.39, 0.29) is 5.92 Å². The molecule has 2 aromatic carbocycles. The quantitative estimate of drug-likeness (QED) is 0.708. The predicted molar refractivity (Wildman–Crippen MR) is 87.3 cm³/mol. The van der Waals surface area contributed by atoms with Gasteiger partial charge in [0.2, 0.25) is 0 Å². The maximum Gasteiger partial charge on any atom is 0.123 e. The van der Waals surface area contributed by atoms with Crippen molar-refractivity contribution in [1.82, 2.24) is 0 Å². The maximum atomic E-state index is 9.41. The fraction of sp³-hybridized carbons (Fsp3) is 0.316. The number of para-hydroxylation sites is 1. The average Bonchev–Trinajstić information content (AvgIpc) is 2.55. The highest BCUT2D eigenvalue weighted by Gasteiger charge is 2.14. The molecule has 0 radical (unpaired) electrons. The van der Waals surface area contributed by atoms with Crippen molar-refractivity contribution in [2.75, 3.05) is 13.7 Å². The minimum Gasteiger partial charge on any atom is -0.496 e. The molecular formula is C19H21NO2. The molecule has 3 heteroatoms. The highest BCUT2D eigenvalue weighted by molar-refractivity contribution is 5.38. The van der Waals surface area contributed by atoms with Gasteiger partial charge in [-0.15, -0.1) is 0 Å². The highest BCUT2D eigenvalue weighted by Crippen LogP contribution is 2.29. The van der Waals surface area contributed by atoms with Gasteiger partial charge in [-0.2, -0.15) is 5.26 Å². The van der Waals surface area contributed by atoms with Crippen molar-refractivity contribution in [2.45, 2.75) is 25.7 Å². The van der Waals surface area contributed by atoms with E-state index in [1.165, 1.54) is 5.56 Å². The number of hydrogen-bond donors (Lipinski definition) is 0. The van der Waals surface area contributed by atoms with Crippen LogP contribution in [0.3, 0.4) is 0 Å². The number of aryl methyl sites for hydroxylation is 1. The Morgan fingerprint density at radius 2 is 1.95 bits per heavy atom. The van der Waals surface area contributed by atoms with E-state index < -0.39 is 0 Å². The number of benzene rings is 2. The van der Waals surface area contributed by atoms with E-state index in [4.69, 9.17) is 9.47 Å². The molecule has 0 saturated heterocycles. The molecule has 3 nitrogen and oxygen atoms in total. The molecule has 0 N–H and O–H groups in total. The Kier molecular flexibility index (Phi) is 5.85. The summed E-state index contributed by atoms with van der Waals surface area (Å²) >= 11 is 0. The molecule has 0 aromatic heterocycles. The molecule has 0 saturated carbocycles. The molecule has 1 atom stereocenters. The van der Waals surface area contributed by atoms with E-state index in [0.29, 0.717) is 6.61 Å². The maximum absolute atomic E-state index is 9.41. The molecule has 2 rings (SSSR count). The monoisotopic (exact) mass is 295 g/mol. The zero-order valence-electron chi connectivity index (χ0n) is 13.1. The summed E-state index contributed by atoms with van der Waals surface area (Å²) in [5.41, 5.74) is 2.13. The van der Waals surface area contributed by atoms with Crippen LogP contribution in [0, 0.1) is 18.3 Å². The van der Waals surface area contributed by atoms with E-state index in [0.717, 1.165) is 29.9 Å². The first-order chi connectivity index (χ1) is 10.7. The van der Waals surface area contributed by atoms with Crippen LogP contribution in [0.5, 0.6) is 11.5 Å². The summed E-state index contributed by atoms with van der Waals surface area (Å²) in [6.45, 7) is 2.65. The first-order valence-corrected chi connectivity index (χ1v) is 7.46. The minimum atomic E-state index is -0.169. The Labute approximate surface area is 132 Å². The lowest BCUT2D eigenvalue weighted by molar-refractivity contribution is 0.304. The molecule has 0 heterocycles. The van der Waals surface area contributed by atoms with Crippen molar-refractivity contribution in [2.24, 2.45) is 0 Å². The normalized spacial score (nSPS) is 11.5. The Morgan fingerprint density at radius 1 is 1.14 bits per heavy atom. The molecule has 114 valence electrons. The molecule has 0 aliphatic carbocycles. The summed E-state index contributed by atoms with van der Waals surface area (Å²) in [5.74, 6) is 1.48. The summed E-state index contributed by atoms with van der Waals surface area (Å²) in [7, 11) is 1.63. The molecule has 0 spiro atoms. The first kappa shape index (κ1) is 15.9. The van der Waals surface area contributed by atoms with Crippen molar-refractivity contribution < 1.29 is 9.47 Å². The zero-order chi connectivity index (χ0) is 15.8. The molecule has 0 aliphatic heterocycles. The number of nitrogens with zero attached hydrogens (tertiary/aromatic N) is 1. The zero-order valence-corrected chi connectivity index (χ0v) is 13.1. The lowest BCUT2D eigenvalue weighted by Gasteiger charge is -2.13. The number of ether oxygens (including phenoxy) is 2. The number of nitriles is 1. The van der Waals surface area contributed by atoms with Crippen molar-refractivity contribution in [3.8, 4) is 17.6 Å². The van der Waals surface area contributed by atoms with E-state index in [1.54, 1.807) is 7.11 Å². The highest BCUT2D eigenvalue weighted by atomic mass is 16.5. The van der Waals surface area contributed by atoms with Crippen LogP contribution in [-0.4, -0.2) is 13.7 Å². The van der Waals surface area contributed by atoms with Gasteiger partial charge in [-0.05, 0) is 43.5 Å². The lowest BCUT2D eigenvalue weighted by Crippen LogP contribution is -2.03. The lowest BCUT2D eigenvalue weighted by atomic mass is 9.95. The van der Waals surface area contributed by atoms with Crippen LogP contribution >= 0.6 is 0 Å². The topological polar surface area (TPSA) is 42.2 Å². The Morgan fingerprint density at radius 3 is 2.68 bits per heavy atom. The van der Waals surface area contributed by atoms with Gasteiger partial charge in [-0.25, -0.2) is 0 Å². The van der Waals surface area contributed by atoms with E-state index >= 15 is 0 Å². The Hall–Kier alpha value is -2.47. The molecule has 1 unspecified atom stereocenters. The number of methoxy groups -OCH3 is 1. The van der Waals surface area contributed by atoms with Crippen LogP contribution in [0.15, 0.2) is 48.5 Å². The molecule has 0 amide bonds. The van der Waals surface area contributed by atoms with Crippen LogP contribution in [-0.2, 0) is 0 Å². The molecular weight excluding hydrogens is 274 g/mol. The van der Waals surface area contributed by atoms with Crippen LogP contribution in [0.2, 0.25) is 0 Å². The van der Waals surface area contributed by atoms with Gasteiger partial charge >= 0.3 is 0 Å². The summed E-state index contributed by atoms with van der Waals surface area (Å²) in [6.07, 6.45) is 1.58. The molecule has 0 bridgehead atoms. The third-order valence-corrected chi connectivity index (χ3v) is 3.57. The van der Waals surface area contributed by atoms with Gasteiger partial charge in [-0.3, -0.25) is 0 Å². The van der Waals surface area contributed by atoms with Gasteiger partial charge < -0.3 is 9.47 Å². The average molecular weight is 295 g/mol. The predicted octanol–water partition coefficient (Wildman–Crippen LogP) is 4.47. The van der Waals surface area contributed by atoms with Crippen molar-refractivity contribution >= 4 is 0 Å². The van der Waals surface area contributed by atoms with Crippen LogP contribution in [0.1, 0.15) is 29.9 Å². The van der Waals surface area contributed by atoms with Gasteiger partial charge in [-0.1, -0.05) is 30.3 Å². The van der Waals surface area contributed by atoms with Crippen molar-refractivity contribution in [1.29, 1.82) is 5.26 Å². The SMILES string of the molecule is COc1ccccc1C(C#N)CCCOc1cccc(C)c1. The second kappa shape index (κ2) is 8.09. The van der Waals surface area contributed by atoms with Crippen LogP contribution in [0.25, 0.3) is 0 Å². The summed E-state index contributed by atoms with van der Waals surface area (Å²) < 4.78 is 11.1. The molecule has 0 aliphatic rings. The Balaban J connectivity index is 1.88. The van der Waals surface area contributed by atoms with E-state index in [9.17, 15) is 5.26 Å². The summed E-state index contributed by atoms with van der Waals surface area (Å²) in [5, 5.41) is 9.41. The third kappa shape index (κ3) is 4.26. The van der Waals surface area contributed by atoms with Gasteiger partial charge in [0.15, 0.2) is 0 Å².